The van der Waals surface area contributed by atoms with Crippen LogP contribution in [0, 0.1) is 0 Å². The number of carbonyl (C=O) groups excluding carboxylic acids is 1. The first-order valence-corrected chi connectivity index (χ1v) is 5.67. The Morgan fingerprint density at radius 2 is 1.94 bits per heavy atom. The lowest BCUT2D eigenvalue weighted by Crippen LogP contribution is -2.02. The Kier molecular flexibility index (Phi) is 4.85. The van der Waals surface area contributed by atoms with Crippen LogP contribution in [-0.4, -0.2) is 29.4 Å². The van der Waals surface area contributed by atoms with Crippen LogP contribution < -0.4 is 0 Å². The van der Waals surface area contributed by atoms with Crippen LogP contribution in [-0.2, 0) is 9.53 Å². The number of hydrogen-bond acceptors (Lipinski definition) is 4. The zero-order chi connectivity index (χ0) is 12.0. The topological polar surface area (TPSA) is 63.6 Å². The van der Waals surface area contributed by atoms with Gasteiger partial charge in [-0.2, -0.15) is 0 Å². The SMILES string of the molecule is CC(=O)OCCSc1ccc(C(=O)O)cc1. The summed E-state index contributed by atoms with van der Waals surface area (Å²) >= 11 is 1.51. The van der Waals surface area contributed by atoms with Crippen LogP contribution in [0.4, 0.5) is 0 Å². The van der Waals surface area contributed by atoms with Crippen molar-refractivity contribution in [1.29, 1.82) is 0 Å². The summed E-state index contributed by atoms with van der Waals surface area (Å²) in [6, 6.07) is 6.58. The fourth-order valence-corrected chi connectivity index (χ4v) is 1.77. The molecular weight excluding hydrogens is 228 g/mol. The summed E-state index contributed by atoms with van der Waals surface area (Å²) in [7, 11) is 0. The summed E-state index contributed by atoms with van der Waals surface area (Å²) in [6.45, 7) is 1.73. The third kappa shape index (κ3) is 4.35. The average Bonchev–Trinajstić information content (AvgIpc) is 2.25. The highest BCUT2D eigenvalue weighted by atomic mass is 32.2. The van der Waals surface area contributed by atoms with Crippen molar-refractivity contribution in [3.63, 3.8) is 0 Å². The number of rotatable bonds is 5. The van der Waals surface area contributed by atoms with Gasteiger partial charge in [-0.15, -0.1) is 11.8 Å². The Balaban J connectivity index is 2.38. The predicted molar refractivity (Wildman–Crippen MR) is 60.8 cm³/mol. The van der Waals surface area contributed by atoms with Gasteiger partial charge in [0, 0.05) is 17.6 Å². The molecule has 0 aliphatic heterocycles. The van der Waals surface area contributed by atoms with Crippen molar-refractivity contribution in [2.45, 2.75) is 11.8 Å². The van der Waals surface area contributed by atoms with Gasteiger partial charge in [0.15, 0.2) is 0 Å². The Morgan fingerprint density at radius 1 is 1.31 bits per heavy atom. The van der Waals surface area contributed by atoms with Gasteiger partial charge < -0.3 is 9.84 Å². The van der Waals surface area contributed by atoms with Crippen molar-refractivity contribution in [3.8, 4) is 0 Å². The van der Waals surface area contributed by atoms with Crippen LogP contribution in [0.1, 0.15) is 17.3 Å². The molecule has 1 N–H and O–H groups in total. The van der Waals surface area contributed by atoms with Crippen LogP contribution in [0.3, 0.4) is 0 Å². The van der Waals surface area contributed by atoms with Gasteiger partial charge in [0.1, 0.15) is 6.61 Å². The monoisotopic (exact) mass is 240 g/mol. The largest absolute Gasteiger partial charge is 0.478 e. The molecule has 0 saturated carbocycles. The molecule has 1 aromatic carbocycles. The molecule has 0 saturated heterocycles. The predicted octanol–water partition coefficient (Wildman–Crippen LogP) is 2.04. The van der Waals surface area contributed by atoms with E-state index in [0.717, 1.165) is 4.90 Å². The Morgan fingerprint density at radius 3 is 2.44 bits per heavy atom. The fourth-order valence-electron chi connectivity index (χ4n) is 1.04. The van der Waals surface area contributed by atoms with E-state index >= 15 is 0 Å². The molecule has 0 bridgehead atoms. The second-order valence-corrected chi connectivity index (χ2v) is 4.19. The molecule has 5 heteroatoms. The fraction of sp³-hybridized carbons (Fsp3) is 0.273. The van der Waals surface area contributed by atoms with Crippen molar-refractivity contribution in [3.05, 3.63) is 29.8 Å². The van der Waals surface area contributed by atoms with Crippen LogP contribution in [0.5, 0.6) is 0 Å². The second kappa shape index (κ2) is 6.17. The molecule has 1 rings (SSSR count). The Bertz CT molecular complexity index is 372. The highest BCUT2D eigenvalue weighted by Crippen LogP contribution is 2.18. The molecule has 0 radical (unpaired) electrons. The van der Waals surface area contributed by atoms with E-state index in [2.05, 4.69) is 0 Å². The standard InChI is InChI=1S/C11H12O4S/c1-8(12)15-6-7-16-10-4-2-9(3-5-10)11(13)14/h2-5H,6-7H2,1H3,(H,13,14). The van der Waals surface area contributed by atoms with Gasteiger partial charge in [-0.25, -0.2) is 4.79 Å². The van der Waals surface area contributed by atoms with Gasteiger partial charge >= 0.3 is 11.9 Å². The molecule has 86 valence electrons. The smallest absolute Gasteiger partial charge is 0.335 e. The van der Waals surface area contributed by atoms with Crippen molar-refractivity contribution in [1.82, 2.24) is 0 Å². The van der Waals surface area contributed by atoms with Crippen molar-refractivity contribution < 1.29 is 19.4 Å². The third-order valence-corrected chi connectivity index (χ3v) is 2.73. The summed E-state index contributed by atoms with van der Waals surface area (Å²) < 4.78 is 4.77. The minimum absolute atomic E-state index is 0.268. The maximum Gasteiger partial charge on any atom is 0.335 e. The summed E-state index contributed by atoms with van der Waals surface area (Å²) in [5.74, 6) is -0.565. The maximum atomic E-state index is 10.6. The molecule has 0 aromatic heterocycles. The maximum absolute atomic E-state index is 10.6. The van der Waals surface area contributed by atoms with Gasteiger partial charge in [-0.1, -0.05) is 0 Å². The summed E-state index contributed by atoms with van der Waals surface area (Å²) in [5.41, 5.74) is 0.268. The molecule has 0 spiro atoms. The molecule has 0 amide bonds. The van der Waals surface area contributed by atoms with Gasteiger partial charge in [-0.3, -0.25) is 4.79 Å². The summed E-state index contributed by atoms with van der Waals surface area (Å²) in [4.78, 5) is 22.0. The van der Waals surface area contributed by atoms with E-state index in [0.29, 0.717) is 12.4 Å². The van der Waals surface area contributed by atoms with Crippen molar-refractivity contribution in [2.75, 3.05) is 12.4 Å². The minimum atomic E-state index is -0.934. The Hall–Kier alpha value is -1.49. The summed E-state index contributed by atoms with van der Waals surface area (Å²) in [6.07, 6.45) is 0. The number of carboxylic acid groups (broad SMARTS) is 1. The summed E-state index contributed by atoms with van der Waals surface area (Å²) in [5, 5.41) is 8.69. The number of aromatic carboxylic acids is 1. The number of hydrogen-bond donors (Lipinski definition) is 1. The van der Waals surface area contributed by atoms with E-state index in [9.17, 15) is 9.59 Å². The first-order chi connectivity index (χ1) is 7.59. The number of ether oxygens (including phenoxy) is 1. The highest BCUT2D eigenvalue weighted by Gasteiger charge is 2.02. The Labute approximate surface area is 97.6 Å². The van der Waals surface area contributed by atoms with Crippen LogP contribution in [0.15, 0.2) is 29.2 Å². The number of esters is 1. The quantitative estimate of drug-likeness (QED) is 0.484. The molecule has 0 aliphatic carbocycles. The molecule has 0 atom stereocenters. The van der Waals surface area contributed by atoms with E-state index in [-0.39, 0.29) is 11.5 Å². The zero-order valence-electron chi connectivity index (χ0n) is 8.80. The molecule has 0 aliphatic rings. The normalized spacial score (nSPS) is 9.81. The highest BCUT2D eigenvalue weighted by molar-refractivity contribution is 7.99. The molecule has 0 fully saturated rings. The lowest BCUT2D eigenvalue weighted by molar-refractivity contribution is -0.140. The molecule has 1 aromatic rings. The van der Waals surface area contributed by atoms with Gasteiger partial charge in [0.2, 0.25) is 0 Å². The second-order valence-electron chi connectivity index (χ2n) is 3.02. The van der Waals surface area contributed by atoms with E-state index < -0.39 is 5.97 Å². The molecule has 16 heavy (non-hydrogen) atoms. The molecular formula is C11H12O4S. The van der Waals surface area contributed by atoms with E-state index in [1.165, 1.54) is 18.7 Å². The molecule has 0 heterocycles. The number of carboxylic acids is 1. The van der Waals surface area contributed by atoms with Gasteiger partial charge in [-0.05, 0) is 24.3 Å². The van der Waals surface area contributed by atoms with Crippen LogP contribution in [0.2, 0.25) is 0 Å². The third-order valence-electron chi connectivity index (χ3n) is 1.76. The van der Waals surface area contributed by atoms with Crippen LogP contribution in [0.25, 0.3) is 0 Å². The lowest BCUT2D eigenvalue weighted by Gasteiger charge is -2.02. The molecule has 4 nitrogen and oxygen atoms in total. The van der Waals surface area contributed by atoms with E-state index in [4.69, 9.17) is 9.84 Å². The first-order valence-electron chi connectivity index (χ1n) is 4.69. The average molecular weight is 240 g/mol. The lowest BCUT2D eigenvalue weighted by atomic mass is 10.2. The van der Waals surface area contributed by atoms with E-state index in [1.807, 2.05) is 0 Å². The number of carbonyl (C=O) groups is 2. The zero-order valence-corrected chi connectivity index (χ0v) is 9.62. The van der Waals surface area contributed by atoms with Crippen LogP contribution >= 0.6 is 11.8 Å². The van der Waals surface area contributed by atoms with Gasteiger partial charge in [0.05, 0.1) is 5.56 Å². The molecule has 0 unspecified atom stereocenters. The first kappa shape index (κ1) is 12.6. The minimum Gasteiger partial charge on any atom is -0.478 e. The van der Waals surface area contributed by atoms with Crippen molar-refractivity contribution in [2.24, 2.45) is 0 Å². The van der Waals surface area contributed by atoms with E-state index in [1.54, 1.807) is 24.3 Å². The van der Waals surface area contributed by atoms with Gasteiger partial charge in [0.25, 0.3) is 0 Å². The number of benzene rings is 1. The number of thioether (sulfide) groups is 1. The van der Waals surface area contributed by atoms with Crippen molar-refractivity contribution >= 4 is 23.7 Å².